The van der Waals surface area contributed by atoms with Crippen molar-refractivity contribution in [3.63, 3.8) is 0 Å². The number of hydrogen-bond donors (Lipinski definition) is 2. The van der Waals surface area contributed by atoms with E-state index in [1.54, 1.807) is 7.11 Å². The molecule has 31 heavy (non-hydrogen) atoms. The Morgan fingerprint density at radius 2 is 1.74 bits per heavy atom. The Bertz CT molecular complexity index is 1030. The van der Waals surface area contributed by atoms with Crippen LogP contribution in [0.1, 0.15) is 32.4 Å². The molecule has 2 N–H and O–H groups in total. The lowest BCUT2D eigenvalue weighted by atomic mass is 10.1. The molecule has 0 aliphatic carbocycles. The predicted molar refractivity (Wildman–Crippen MR) is 127 cm³/mol. The van der Waals surface area contributed by atoms with Crippen LogP contribution >= 0.6 is 23.1 Å². The SMILES string of the molecule is COc1ccc(S[C@H](C)C(=O)Nc2nc(-c3ccc([C@@H](C)NC(C)=O)cc3)cs2)cc1. The number of nitrogens with one attached hydrogen (secondary N) is 2. The molecule has 2 atom stereocenters. The number of aromatic nitrogens is 1. The Hall–Kier alpha value is -2.84. The summed E-state index contributed by atoms with van der Waals surface area (Å²) in [6.45, 7) is 5.32. The maximum Gasteiger partial charge on any atom is 0.239 e. The van der Waals surface area contributed by atoms with Gasteiger partial charge in [0, 0.05) is 22.8 Å². The fourth-order valence-corrected chi connectivity index (χ4v) is 4.50. The summed E-state index contributed by atoms with van der Waals surface area (Å²) < 4.78 is 5.16. The van der Waals surface area contributed by atoms with E-state index in [0.717, 1.165) is 27.5 Å². The van der Waals surface area contributed by atoms with Crippen LogP contribution in [0.15, 0.2) is 58.8 Å². The van der Waals surface area contributed by atoms with Crippen LogP contribution in [-0.4, -0.2) is 29.2 Å². The third kappa shape index (κ3) is 6.32. The van der Waals surface area contributed by atoms with Crippen molar-refractivity contribution in [3.8, 4) is 17.0 Å². The number of benzene rings is 2. The third-order valence-electron chi connectivity index (χ3n) is 4.60. The van der Waals surface area contributed by atoms with Crippen molar-refractivity contribution in [1.29, 1.82) is 0 Å². The first kappa shape index (κ1) is 22.8. The van der Waals surface area contributed by atoms with E-state index < -0.39 is 0 Å². The van der Waals surface area contributed by atoms with Gasteiger partial charge in [0.05, 0.1) is 24.1 Å². The van der Waals surface area contributed by atoms with E-state index in [-0.39, 0.29) is 23.1 Å². The third-order valence-corrected chi connectivity index (χ3v) is 6.47. The van der Waals surface area contributed by atoms with Crippen LogP contribution in [0.2, 0.25) is 0 Å². The zero-order chi connectivity index (χ0) is 22.4. The normalized spacial score (nSPS) is 12.6. The second-order valence-corrected chi connectivity index (χ2v) is 9.28. The number of ether oxygens (including phenoxy) is 1. The molecule has 2 amide bonds. The van der Waals surface area contributed by atoms with E-state index in [1.165, 1.54) is 30.0 Å². The van der Waals surface area contributed by atoms with Gasteiger partial charge in [-0.1, -0.05) is 24.3 Å². The predicted octanol–water partition coefficient (Wildman–Crippen LogP) is 5.14. The Kier molecular flexibility index (Phi) is 7.70. The molecule has 8 heteroatoms. The summed E-state index contributed by atoms with van der Waals surface area (Å²) in [5.41, 5.74) is 2.78. The number of methoxy groups -OCH3 is 1. The number of rotatable bonds is 8. The highest BCUT2D eigenvalue weighted by atomic mass is 32.2. The molecule has 0 bridgehead atoms. The minimum Gasteiger partial charge on any atom is -0.497 e. The highest BCUT2D eigenvalue weighted by molar-refractivity contribution is 8.00. The molecule has 0 radical (unpaired) electrons. The van der Waals surface area contributed by atoms with Crippen LogP contribution in [0.5, 0.6) is 5.75 Å². The van der Waals surface area contributed by atoms with Crippen molar-refractivity contribution in [2.45, 2.75) is 37.0 Å². The second kappa shape index (κ2) is 10.5. The van der Waals surface area contributed by atoms with E-state index in [2.05, 4.69) is 15.6 Å². The van der Waals surface area contributed by atoms with Gasteiger partial charge in [0.2, 0.25) is 11.8 Å². The van der Waals surface area contributed by atoms with Gasteiger partial charge in [0.1, 0.15) is 5.75 Å². The molecule has 0 saturated heterocycles. The summed E-state index contributed by atoms with van der Waals surface area (Å²) >= 11 is 2.88. The Balaban J connectivity index is 1.59. The summed E-state index contributed by atoms with van der Waals surface area (Å²) in [5.74, 6) is 0.631. The Morgan fingerprint density at radius 3 is 2.35 bits per heavy atom. The number of amides is 2. The molecule has 0 unspecified atom stereocenters. The number of thioether (sulfide) groups is 1. The largest absolute Gasteiger partial charge is 0.497 e. The maximum absolute atomic E-state index is 12.6. The van der Waals surface area contributed by atoms with E-state index in [9.17, 15) is 9.59 Å². The van der Waals surface area contributed by atoms with Gasteiger partial charge < -0.3 is 15.4 Å². The van der Waals surface area contributed by atoms with Crippen molar-refractivity contribution >= 4 is 40.0 Å². The highest BCUT2D eigenvalue weighted by Gasteiger charge is 2.17. The van der Waals surface area contributed by atoms with Crippen molar-refractivity contribution in [1.82, 2.24) is 10.3 Å². The van der Waals surface area contributed by atoms with Gasteiger partial charge in [0.25, 0.3) is 0 Å². The number of nitrogens with zero attached hydrogens (tertiary/aromatic N) is 1. The van der Waals surface area contributed by atoms with E-state index in [4.69, 9.17) is 4.74 Å². The van der Waals surface area contributed by atoms with Crippen molar-refractivity contribution in [2.75, 3.05) is 12.4 Å². The summed E-state index contributed by atoms with van der Waals surface area (Å²) in [4.78, 5) is 29.3. The van der Waals surface area contributed by atoms with Crippen LogP contribution in [0.4, 0.5) is 5.13 Å². The molecule has 2 aromatic carbocycles. The monoisotopic (exact) mass is 455 g/mol. The van der Waals surface area contributed by atoms with Gasteiger partial charge in [-0.25, -0.2) is 4.98 Å². The minimum absolute atomic E-state index is 0.0541. The van der Waals surface area contributed by atoms with Gasteiger partial charge >= 0.3 is 0 Å². The number of thiazole rings is 1. The number of carbonyl (C=O) groups excluding carboxylic acids is 2. The average Bonchev–Trinajstić information content (AvgIpc) is 3.22. The van der Waals surface area contributed by atoms with Crippen molar-refractivity contribution in [3.05, 3.63) is 59.5 Å². The fraction of sp³-hybridized carbons (Fsp3) is 0.261. The molecule has 162 valence electrons. The van der Waals surface area contributed by atoms with Gasteiger partial charge in [-0.3, -0.25) is 9.59 Å². The van der Waals surface area contributed by atoms with Crippen LogP contribution in [0.25, 0.3) is 11.3 Å². The molecule has 3 aromatic rings. The molecule has 0 aliphatic heterocycles. The molecule has 1 aromatic heterocycles. The summed E-state index contributed by atoms with van der Waals surface area (Å²) in [5, 5.41) is 7.99. The average molecular weight is 456 g/mol. The first-order chi connectivity index (χ1) is 14.9. The maximum atomic E-state index is 12.6. The molecule has 0 aliphatic rings. The molecule has 3 rings (SSSR count). The van der Waals surface area contributed by atoms with Crippen LogP contribution in [-0.2, 0) is 9.59 Å². The van der Waals surface area contributed by atoms with Crippen LogP contribution < -0.4 is 15.4 Å². The van der Waals surface area contributed by atoms with E-state index in [1.807, 2.05) is 67.8 Å². The number of anilines is 1. The molecule has 0 saturated carbocycles. The zero-order valence-corrected chi connectivity index (χ0v) is 19.5. The van der Waals surface area contributed by atoms with Crippen molar-refractivity contribution in [2.24, 2.45) is 0 Å². The molecule has 6 nitrogen and oxygen atoms in total. The van der Waals surface area contributed by atoms with E-state index >= 15 is 0 Å². The summed E-state index contributed by atoms with van der Waals surface area (Å²) in [6.07, 6.45) is 0. The lowest BCUT2D eigenvalue weighted by molar-refractivity contribution is -0.119. The quantitative estimate of drug-likeness (QED) is 0.460. The minimum atomic E-state index is -0.268. The molecule has 0 spiro atoms. The molecular formula is C23H25N3O3S2. The first-order valence-corrected chi connectivity index (χ1v) is 11.6. The zero-order valence-electron chi connectivity index (χ0n) is 17.8. The highest BCUT2D eigenvalue weighted by Crippen LogP contribution is 2.29. The molecule has 1 heterocycles. The lowest BCUT2D eigenvalue weighted by Crippen LogP contribution is -2.23. The Morgan fingerprint density at radius 1 is 1.06 bits per heavy atom. The first-order valence-electron chi connectivity index (χ1n) is 9.80. The van der Waals surface area contributed by atoms with Gasteiger partial charge in [-0.05, 0) is 43.7 Å². The smallest absolute Gasteiger partial charge is 0.239 e. The number of hydrogen-bond acceptors (Lipinski definition) is 6. The topological polar surface area (TPSA) is 80.3 Å². The summed E-state index contributed by atoms with van der Waals surface area (Å²) in [7, 11) is 1.63. The standard InChI is InChI=1S/C23H25N3O3S2/c1-14(24-16(3)27)17-5-7-18(8-6-17)21-13-30-23(25-21)26-22(28)15(2)31-20-11-9-19(29-4)10-12-20/h5-15H,1-4H3,(H,24,27)(H,25,26,28)/t14-,15-/m1/s1. The van der Waals surface area contributed by atoms with Gasteiger partial charge in [-0.15, -0.1) is 23.1 Å². The second-order valence-electron chi connectivity index (χ2n) is 7.01. The number of carbonyl (C=O) groups is 2. The fourth-order valence-electron chi connectivity index (χ4n) is 2.91. The van der Waals surface area contributed by atoms with Gasteiger partial charge in [-0.2, -0.15) is 0 Å². The lowest BCUT2D eigenvalue weighted by Gasteiger charge is -2.13. The van der Waals surface area contributed by atoms with Crippen LogP contribution in [0, 0.1) is 0 Å². The molecular weight excluding hydrogens is 430 g/mol. The van der Waals surface area contributed by atoms with Gasteiger partial charge in [0.15, 0.2) is 5.13 Å². The molecule has 0 fully saturated rings. The summed E-state index contributed by atoms with van der Waals surface area (Å²) in [6, 6.07) is 15.5. The van der Waals surface area contributed by atoms with Crippen molar-refractivity contribution < 1.29 is 14.3 Å². The Labute approximate surface area is 190 Å². The van der Waals surface area contributed by atoms with Crippen LogP contribution in [0.3, 0.4) is 0 Å². The van der Waals surface area contributed by atoms with E-state index in [0.29, 0.717) is 5.13 Å².